The van der Waals surface area contributed by atoms with E-state index in [4.69, 9.17) is 5.11 Å². The van der Waals surface area contributed by atoms with Crippen molar-refractivity contribution in [1.29, 1.82) is 0 Å². The Hall–Kier alpha value is -2.64. The molecule has 8 heteroatoms. The van der Waals surface area contributed by atoms with Crippen molar-refractivity contribution in [1.82, 2.24) is 19.6 Å². The normalized spacial score (nSPS) is 10.4. The average molecular weight is 263 g/mol. The van der Waals surface area contributed by atoms with Gasteiger partial charge in [0.15, 0.2) is 11.5 Å². The smallest absolute Gasteiger partial charge is 0.325 e. The van der Waals surface area contributed by atoms with E-state index in [1.54, 1.807) is 17.8 Å². The lowest BCUT2D eigenvalue weighted by molar-refractivity contribution is -0.137. The average Bonchev–Trinajstić information content (AvgIpc) is 2.86. The van der Waals surface area contributed by atoms with Gasteiger partial charge in [-0.15, -0.1) is 0 Å². The predicted molar refractivity (Wildman–Crippen MR) is 65.8 cm³/mol. The molecule has 0 bridgehead atoms. The van der Waals surface area contributed by atoms with E-state index in [0.29, 0.717) is 0 Å². The van der Waals surface area contributed by atoms with Crippen LogP contribution in [0.5, 0.6) is 0 Å². The van der Waals surface area contributed by atoms with Gasteiger partial charge in [0.25, 0.3) is 5.91 Å². The molecular weight excluding hydrogens is 250 g/mol. The van der Waals surface area contributed by atoms with Crippen LogP contribution in [0.1, 0.15) is 16.2 Å². The van der Waals surface area contributed by atoms with E-state index in [0.717, 1.165) is 5.69 Å². The zero-order valence-electron chi connectivity index (χ0n) is 10.5. The molecular formula is C11H13N5O3. The summed E-state index contributed by atoms with van der Waals surface area (Å²) in [5.41, 5.74) is 1.15. The number of carbonyl (C=O) groups excluding carboxylic acids is 1. The molecule has 2 aromatic heterocycles. The number of nitrogens with one attached hydrogen (secondary N) is 1. The number of amides is 1. The van der Waals surface area contributed by atoms with Crippen molar-refractivity contribution >= 4 is 17.7 Å². The van der Waals surface area contributed by atoms with Crippen LogP contribution >= 0.6 is 0 Å². The maximum atomic E-state index is 11.9. The SMILES string of the molecule is Cc1cc(C(=O)Nc2ccn(CC(=O)O)n2)nn1C. The van der Waals surface area contributed by atoms with Crippen LogP contribution in [0.2, 0.25) is 0 Å². The molecule has 0 spiro atoms. The molecule has 1 amide bonds. The second kappa shape index (κ2) is 4.92. The Bertz CT molecular complexity index is 609. The van der Waals surface area contributed by atoms with Gasteiger partial charge in [-0.25, -0.2) is 0 Å². The summed E-state index contributed by atoms with van der Waals surface area (Å²) >= 11 is 0. The number of carbonyl (C=O) groups is 2. The van der Waals surface area contributed by atoms with E-state index >= 15 is 0 Å². The van der Waals surface area contributed by atoms with Crippen LogP contribution in [0.3, 0.4) is 0 Å². The topological polar surface area (TPSA) is 102 Å². The zero-order chi connectivity index (χ0) is 14.0. The van der Waals surface area contributed by atoms with Crippen LogP contribution in [0, 0.1) is 6.92 Å². The van der Waals surface area contributed by atoms with Gasteiger partial charge in [-0.1, -0.05) is 0 Å². The Morgan fingerprint density at radius 2 is 2.16 bits per heavy atom. The van der Waals surface area contributed by atoms with Crippen LogP contribution in [0.25, 0.3) is 0 Å². The number of nitrogens with zero attached hydrogens (tertiary/aromatic N) is 4. The number of hydrogen-bond acceptors (Lipinski definition) is 4. The second-order valence-electron chi connectivity index (χ2n) is 4.04. The number of hydrogen-bond donors (Lipinski definition) is 2. The minimum absolute atomic E-state index is 0.251. The van der Waals surface area contributed by atoms with Gasteiger partial charge in [-0.05, 0) is 13.0 Å². The summed E-state index contributed by atoms with van der Waals surface area (Å²) in [5.74, 6) is -1.10. The highest BCUT2D eigenvalue weighted by atomic mass is 16.4. The summed E-state index contributed by atoms with van der Waals surface area (Å²) in [6.07, 6.45) is 1.48. The summed E-state index contributed by atoms with van der Waals surface area (Å²) < 4.78 is 2.82. The summed E-state index contributed by atoms with van der Waals surface area (Å²) in [5, 5.41) is 19.1. The highest BCUT2D eigenvalue weighted by molar-refractivity contribution is 6.02. The van der Waals surface area contributed by atoms with Crippen LogP contribution in [0.15, 0.2) is 18.3 Å². The summed E-state index contributed by atoms with van der Waals surface area (Å²) in [7, 11) is 1.74. The number of anilines is 1. The van der Waals surface area contributed by atoms with Gasteiger partial charge in [-0.2, -0.15) is 10.2 Å². The van der Waals surface area contributed by atoms with Gasteiger partial charge in [0.05, 0.1) is 0 Å². The largest absolute Gasteiger partial charge is 0.480 e. The number of carboxylic acids is 1. The van der Waals surface area contributed by atoms with Gasteiger partial charge in [-0.3, -0.25) is 19.0 Å². The maximum absolute atomic E-state index is 11.9. The molecule has 0 saturated heterocycles. The molecule has 2 rings (SSSR count). The number of aryl methyl sites for hydroxylation is 2. The third-order valence-electron chi connectivity index (χ3n) is 2.53. The second-order valence-corrected chi connectivity index (χ2v) is 4.04. The van der Waals surface area contributed by atoms with E-state index in [2.05, 4.69) is 15.5 Å². The molecule has 2 N–H and O–H groups in total. The van der Waals surface area contributed by atoms with Crippen molar-refractivity contribution in [2.24, 2.45) is 7.05 Å². The predicted octanol–water partition coefficient (Wildman–Crippen LogP) is 0.262. The Kier molecular flexibility index (Phi) is 3.32. The van der Waals surface area contributed by atoms with E-state index in [9.17, 15) is 9.59 Å². The number of aromatic nitrogens is 4. The zero-order valence-corrected chi connectivity index (χ0v) is 10.5. The van der Waals surface area contributed by atoms with Crippen molar-refractivity contribution < 1.29 is 14.7 Å². The Balaban J connectivity index is 2.06. The van der Waals surface area contributed by atoms with Crippen LogP contribution in [0.4, 0.5) is 5.82 Å². The van der Waals surface area contributed by atoms with Crippen molar-refractivity contribution in [3.63, 3.8) is 0 Å². The highest BCUT2D eigenvalue weighted by Crippen LogP contribution is 2.07. The van der Waals surface area contributed by atoms with Gasteiger partial charge < -0.3 is 10.4 Å². The van der Waals surface area contributed by atoms with E-state index in [1.165, 1.54) is 16.9 Å². The lowest BCUT2D eigenvalue weighted by Gasteiger charge is -1.98. The first-order valence-corrected chi connectivity index (χ1v) is 5.53. The van der Waals surface area contributed by atoms with Crippen molar-refractivity contribution in [2.75, 3.05) is 5.32 Å². The van der Waals surface area contributed by atoms with Gasteiger partial charge in [0, 0.05) is 25.0 Å². The molecule has 2 aromatic rings. The first-order chi connectivity index (χ1) is 8.95. The number of rotatable bonds is 4. The molecule has 0 unspecified atom stereocenters. The lowest BCUT2D eigenvalue weighted by atomic mass is 10.3. The molecule has 100 valence electrons. The third kappa shape index (κ3) is 2.97. The van der Waals surface area contributed by atoms with Crippen molar-refractivity contribution in [2.45, 2.75) is 13.5 Å². The molecule has 0 aliphatic heterocycles. The van der Waals surface area contributed by atoms with Gasteiger partial charge in [0.1, 0.15) is 6.54 Å². The van der Waals surface area contributed by atoms with Gasteiger partial charge >= 0.3 is 5.97 Å². The van der Waals surface area contributed by atoms with E-state index in [-0.39, 0.29) is 24.0 Å². The fraction of sp³-hybridized carbons (Fsp3) is 0.273. The molecule has 0 radical (unpaired) electrons. The third-order valence-corrected chi connectivity index (χ3v) is 2.53. The summed E-state index contributed by atoms with van der Waals surface area (Å²) in [4.78, 5) is 22.4. The van der Waals surface area contributed by atoms with Crippen molar-refractivity contribution in [3.05, 3.63) is 29.7 Å². The van der Waals surface area contributed by atoms with E-state index < -0.39 is 5.97 Å². The first-order valence-electron chi connectivity index (χ1n) is 5.53. The monoisotopic (exact) mass is 263 g/mol. The molecule has 0 aliphatic carbocycles. The summed E-state index contributed by atoms with van der Waals surface area (Å²) in [6, 6.07) is 3.18. The molecule has 0 atom stereocenters. The Morgan fingerprint density at radius 1 is 1.42 bits per heavy atom. The molecule has 8 nitrogen and oxygen atoms in total. The summed E-state index contributed by atoms with van der Waals surface area (Å²) in [6.45, 7) is 1.59. The Labute approximate surface area is 108 Å². The number of carboxylic acid groups (broad SMARTS) is 1. The van der Waals surface area contributed by atoms with Crippen LogP contribution in [-0.2, 0) is 18.4 Å². The molecule has 0 aliphatic rings. The highest BCUT2D eigenvalue weighted by Gasteiger charge is 2.12. The van der Waals surface area contributed by atoms with E-state index in [1.807, 2.05) is 6.92 Å². The standard InChI is InChI=1S/C11H13N5O3/c1-7-5-8(13-15(7)2)11(19)12-9-3-4-16(14-9)6-10(17)18/h3-5H,6H2,1-2H3,(H,17,18)(H,12,14,19). The minimum atomic E-state index is -0.999. The quantitative estimate of drug-likeness (QED) is 0.823. The van der Waals surface area contributed by atoms with Crippen LogP contribution < -0.4 is 5.32 Å². The van der Waals surface area contributed by atoms with Gasteiger partial charge in [0.2, 0.25) is 0 Å². The molecule has 0 fully saturated rings. The molecule has 0 aromatic carbocycles. The number of aliphatic carboxylic acids is 1. The fourth-order valence-corrected chi connectivity index (χ4v) is 1.51. The first kappa shape index (κ1) is 12.8. The fourth-order valence-electron chi connectivity index (χ4n) is 1.51. The minimum Gasteiger partial charge on any atom is -0.480 e. The molecule has 2 heterocycles. The Morgan fingerprint density at radius 3 is 2.74 bits per heavy atom. The molecule has 0 saturated carbocycles. The lowest BCUT2D eigenvalue weighted by Crippen LogP contribution is -2.14. The van der Waals surface area contributed by atoms with Crippen LogP contribution in [-0.4, -0.2) is 36.5 Å². The van der Waals surface area contributed by atoms with Crippen molar-refractivity contribution in [3.8, 4) is 0 Å². The maximum Gasteiger partial charge on any atom is 0.325 e. The molecule has 19 heavy (non-hydrogen) atoms.